The molecule has 2 fully saturated rings. The number of hydrogen-bond donors (Lipinski definition) is 1. The first kappa shape index (κ1) is 13.4. The Morgan fingerprint density at radius 2 is 1.82 bits per heavy atom. The van der Waals surface area contributed by atoms with Crippen molar-refractivity contribution in [3.63, 3.8) is 0 Å². The first-order valence-corrected chi connectivity index (χ1v) is 7.80. The molecule has 1 aliphatic carbocycles. The standard InChI is InChI=1S/C15H30N2/c1-3-13-6-5-11-17(12-13)15-9-7-14(8-10-15)16-4-2/h13-16H,3-12H2,1-2H3. The van der Waals surface area contributed by atoms with Gasteiger partial charge in [0.2, 0.25) is 0 Å². The Morgan fingerprint density at radius 1 is 1.06 bits per heavy atom. The Labute approximate surface area is 107 Å². The maximum atomic E-state index is 3.61. The fraction of sp³-hybridized carbons (Fsp3) is 1.00. The average Bonchev–Trinajstić information content (AvgIpc) is 2.40. The van der Waals surface area contributed by atoms with Crippen LogP contribution in [-0.4, -0.2) is 36.6 Å². The lowest BCUT2D eigenvalue weighted by molar-refractivity contribution is 0.0905. The van der Waals surface area contributed by atoms with Crippen LogP contribution in [0.3, 0.4) is 0 Å². The van der Waals surface area contributed by atoms with Crippen molar-refractivity contribution in [2.45, 2.75) is 70.9 Å². The van der Waals surface area contributed by atoms with Crippen LogP contribution in [0.1, 0.15) is 58.8 Å². The zero-order chi connectivity index (χ0) is 12.1. The Kier molecular flexibility index (Phi) is 5.30. The van der Waals surface area contributed by atoms with Gasteiger partial charge in [-0.3, -0.25) is 0 Å². The van der Waals surface area contributed by atoms with Gasteiger partial charge in [-0.1, -0.05) is 20.3 Å². The van der Waals surface area contributed by atoms with Crippen molar-refractivity contribution in [1.29, 1.82) is 0 Å². The van der Waals surface area contributed by atoms with Gasteiger partial charge in [0.15, 0.2) is 0 Å². The van der Waals surface area contributed by atoms with Crippen LogP contribution in [0.15, 0.2) is 0 Å². The molecule has 2 nitrogen and oxygen atoms in total. The molecule has 1 saturated heterocycles. The van der Waals surface area contributed by atoms with E-state index >= 15 is 0 Å². The Hall–Kier alpha value is -0.0800. The average molecular weight is 238 g/mol. The monoisotopic (exact) mass is 238 g/mol. The van der Waals surface area contributed by atoms with Crippen LogP contribution in [0.4, 0.5) is 0 Å². The van der Waals surface area contributed by atoms with Crippen molar-refractivity contribution < 1.29 is 0 Å². The fourth-order valence-corrected chi connectivity index (χ4v) is 3.70. The molecule has 0 aromatic rings. The van der Waals surface area contributed by atoms with E-state index in [0.717, 1.165) is 24.5 Å². The molecule has 0 aromatic heterocycles. The zero-order valence-electron chi connectivity index (χ0n) is 11.8. The molecule has 2 aliphatic rings. The van der Waals surface area contributed by atoms with Crippen molar-refractivity contribution in [3.8, 4) is 0 Å². The van der Waals surface area contributed by atoms with Crippen molar-refractivity contribution in [1.82, 2.24) is 10.2 Å². The summed E-state index contributed by atoms with van der Waals surface area (Å²) in [6.45, 7) is 8.47. The molecule has 1 atom stereocenters. The maximum Gasteiger partial charge on any atom is 0.00965 e. The molecule has 0 radical (unpaired) electrons. The van der Waals surface area contributed by atoms with E-state index in [4.69, 9.17) is 0 Å². The number of piperidine rings is 1. The van der Waals surface area contributed by atoms with Gasteiger partial charge in [-0.15, -0.1) is 0 Å². The van der Waals surface area contributed by atoms with Crippen LogP contribution in [-0.2, 0) is 0 Å². The molecule has 1 saturated carbocycles. The summed E-state index contributed by atoms with van der Waals surface area (Å²) < 4.78 is 0. The molecule has 0 spiro atoms. The molecule has 100 valence electrons. The number of hydrogen-bond acceptors (Lipinski definition) is 2. The summed E-state index contributed by atoms with van der Waals surface area (Å²) >= 11 is 0. The third-order valence-electron chi connectivity index (χ3n) is 4.83. The van der Waals surface area contributed by atoms with E-state index in [1.165, 1.54) is 58.0 Å². The second-order valence-electron chi connectivity index (χ2n) is 5.97. The van der Waals surface area contributed by atoms with E-state index in [9.17, 15) is 0 Å². The van der Waals surface area contributed by atoms with Gasteiger partial charge in [0.25, 0.3) is 0 Å². The van der Waals surface area contributed by atoms with Gasteiger partial charge in [-0.25, -0.2) is 0 Å². The van der Waals surface area contributed by atoms with Gasteiger partial charge in [0, 0.05) is 18.6 Å². The summed E-state index contributed by atoms with van der Waals surface area (Å²) in [5.41, 5.74) is 0. The molecule has 0 bridgehead atoms. The summed E-state index contributed by atoms with van der Waals surface area (Å²) in [7, 11) is 0. The molecule has 1 N–H and O–H groups in total. The lowest BCUT2D eigenvalue weighted by Crippen LogP contribution is -2.46. The Morgan fingerprint density at radius 3 is 2.47 bits per heavy atom. The molecular weight excluding hydrogens is 208 g/mol. The number of nitrogens with one attached hydrogen (secondary N) is 1. The van der Waals surface area contributed by atoms with Crippen LogP contribution >= 0.6 is 0 Å². The van der Waals surface area contributed by atoms with E-state index in [2.05, 4.69) is 24.1 Å². The highest BCUT2D eigenvalue weighted by Gasteiger charge is 2.28. The minimum atomic E-state index is 0.808. The molecule has 2 heteroatoms. The summed E-state index contributed by atoms with van der Waals surface area (Å²) in [5.74, 6) is 0.982. The summed E-state index contributed by atoms with van der Waals surface area (Å²) in [5, 5.41) is 3.61. The third kappa shape index (κ3) is 3.69. The quantitative estimate of drug-likeness (QED) is 0.810. The molecule has 17 heavy (non-hydrogen) atoms. The van der Waals surface area contributed by atoms with Gasteiger partial charge in [0.05, 0.1) is 0 Å². The van der Waals surface area contributed by atoms with Crippen LogP contribution < -0.4 is 5.32 Å². The molecule has 0 aromatic carbocycles. The maximum absolute atomic E-state index is 3.61. The van der Waals surface area contributed by atoms with Crippen LogP contribution in [0.2, 0.25) is 0 Å². The van der Waals surface area contributed by atoms with Crippen LogP contribution in [0.25, 0.3) is 0 Å². The largest absolute Gasteiger partial charge is 0.314 e. The third-order valence-corrected chi connectivity index (χ3v) is 4.83. The predicted octanol–water partition coefficient (Wildman–Crippen LogP) is 3.03. The van der Waals surface area contributed by atoms with Crippen molar-refractivity contribution >= 4 is 0 Å². The van der Waals surface area contributed by atoms with E-state index in [-0.39, 0.29) is 0 Å². The van der Waals surface area contributed by atoms with E-state index < -0.39 is 0 Å². The van der Waals surface area contributed by atoms with Crippen molar-refractivity contribution in [3.05, 3.63) is 0 Å². The number of nitrogens with zero attached hydrogens (tertiary/aromatic N) is 1. The molecule has 1 heterocycles. The minimum Gasteiger partial charge on any atom is -0.314 e. The molecule has 0 amide bonds. The Bertz CT molecular complexity index is 209. The lowest BCUT2D eigenvalue weighted by atomic mass is 9.87. The van der Waals surface area contributed by atoms with Gasteiger partial charge >= 0.3 is 0 Å². The summed E-state index contributed by atoms with van der Waals surface area (Å²) in [6, 6.07) is 1.71. The lowest BCUT2D eigenvalue weighted by Gasteiger charge is -2.41. The van der Waals surface area contributed by atoms with E-state index in [0.29, 0.717) is 0 Å². The van der Waals surface area contributed by atoms with Gasteiger partial charge < -0.3 is 10.2 Å². The van der Waals surface area contributed by atoms with Gasteiger partial charge in [-0.05, 0) is 57.5 Å². The highest BCUT2D eigenvalue weighted by Crippen LogP contribution is 2.28. The Balaban J connectivity index is 1.76. The van der Waals surface area contributed by atoms with Crippen molar-refractivity contribution in [2.75, 3.05) is 19.6 Å². The van der Waals surface area contributed by atoms with Crippen molar-refractivity contribution in [2.24, 2.45) is 5.92 Å². The van der Waals surface area contributed by atoms with E-state index in [1.807, 2.05) is 0 Å². The second-order valence-corrected chi connectivity index (χ2v) is 5.97. The summed E-state index contributed by atoms with van der Waals surface area (Å²) in [6.07, 6.45) is 9.93. The van der Waals surface area contributed by atoms with Gasteiger partial charge in [-0.2, -0.15) is 0 Å². The SMILES string of the molecule is CCNC1CCC(N2CCCC(CC)C2)CC1. The first-order valence-electron chi connectivity index (χ1n) is 7.80. The first-order chi connectivity index (χ1) is 8.33. The van der Waals surface area contributed by atoms with Crippen LogP contribution in [0.5, 0.6) is 0 Å². The molecule has 1 unspecified atom stereocenters. The highest BCUT2D eigenvalue weighted by atomic mass is 15.2. The smallest absolute Gasteiger partial charge is 0.00965 e. The molecular formula is C15H30N2. The highest BCUT2D eigenvalue weighted by molar-refractivity contribution is 4.85. The number of rotatable bonds is 4. The molecule has 1 aliphatic heterocycles. The fourth-order valence-electron chi connectivity index (χ4n) is 3.70. The van der Waals surface area contributed by atoms with Gasteiger partial charge in [0.1, 0.15) is 0 Å². The van der Waals surface area contributed by atoms with Crippen LogP contribution in [0, 0.1) is 5.92 Å². The zero-order valence-corrected chi connectivity index (χ0v) is 11.8. The topological polar surface area (TPSA) is 15.3 Å². The normalized spacial score (nSPS) is 36.0. The predicted molar refractivity (Wildman–Crippen MR) is 74.3 cm³/mol. The minimum absolute atomic E-state index is 0.808. The van der Waals surface area contributed by atoms with E-state index in [1.54, 1.807) is 0 Å². The second kappa shape index (κ2) is 6.75. The molecule has 2 rings (SSSR count). The summed E-state index contributed by atoms with van der Waals surface area (Å²) in [4.78, 5) is 2.81. The number of likely N-dealkylation sites (tertiary alicyclic amines) is 1.